The molecule has 4 fully saturated rings. The summed E-state index contributed by atoms with van der Waals surface area (Å²) in [6.07, 6.45) is 5.24. The lowest BCUT2D eigenvalue weighted by molar-refractivity contribution is -0.0488. The Morgan fingerprint density at radius 2 is 1.88 bits per heavy atom. The highest BCUT2D eigenvalue weighted by atomic mass is 16.6. The molecule has 0 bridgehead atoms. The van der Waals surface area contributed by atoms with Crippen LogP contribution in [0.25, 0.3) is 0 Å². The van der Waals surface area contributed by atoms with E-state index in [-0.39, 0.29) is 11.7 Å². The molecule has 2 unspecified atom stereocenters. The monoisotopic (exact) mass is 366 g/mol. The summed E-state index contributed by atoms with van der Waals surface area (Å²) >= 11 is 0. The van der Waals surface area contributed by atoms with Crippen molar-refractivity contribution in [2.45, 2.75) is 70.1 Å². The number of hydrogen-bond donors (Lipinski definition) is 0. The predicted octanol–water partition coefficient (Wildman–Crippen LogP) is 2.66. The molecule has 0 aromatic carbocycles. The molecule has 2 atom stereocenters. The minimum absolute atomic E-state index is 0.0366. The summed E-state index contributed by atoms with van der Waals surface area (Å²) in [6.45, 7) is 12.3. The van der Waals surface area contributed by atoms with Crippen LogP contribution in [0.5, 0.6) is 0 Å². The first-order valence-corrected chi connectivity index (χ1v) is 10.2. The van der Waals surface area contributed by atoms with Crippen LogP contribution in [0.15, 0.2) is 0 Å². The van der Waals surface area contributed by atoms with Crippen LogP contribution in [0.1, 0.15) is 52.9 Å². The fourth-order valence-electron chi connectivity index (χ4n) is 5.08. The largest absolute Gasteiger partial charge is 0.444 e. The summed E-state index contributed by atoms with van der Waals surface area (Å²) in [5.74, 6) is 0. The zero-order valence-electron chi connectivity index (χ0n) is 16.6. The normalized spacial score (nSPS) is 34.9. The molecule has 0 radical (unpaired) electrons. The van der Waals surface area contributed by atoms with Gasteiger partial charge in [0.2, 0.25) is 0 Å². The lowest BCUT2D eigenvalue weighted by Crippen LogP contribution is -2.48. The van der Waals surface area contributed by atoms with Crippen LogP contribution < -0.4 is 0 Å². The Bertz CT molecular complexity index is 530. The number of rotatable bonds is 1. The first-order chi connectivity index (χ1) is 12.3. The predicted molar refractivity (Wildman–Crippen MR) is 98.2 cm³/mol. The molecule has 0 aromatic rings. The molecule has 4 aliphatic rings. The second-order valence-corrected chi connectivity index (χ2v) is 9.84. The minimum Gasteiger partial charge on any atom is -0.444 e. The summed E-state index contributed by atoms with van der Waals surface area (Å²) in [5.41, 5.74) is -0.0578. The quantitative estimate of drug-likeness (QED) is 0.714. The van der Waals surface area contributed by atoms with Gasteiger partial charge in [-0.1, -0.05) is 0 Å². The van der Waals surface area contributed by atoms with E-state index in [0.29, 0.717) is 11.5 Å². The topological polar surface area (TPSA) is 51.2 Å². The standard InChI is InChI=1S/C20H34N2O4/c1-18(2,3)26-17(23)21-9-5-20(6-10-21)12-16(13-25-20)22-8-4-19(14-22)7-11-24-15-19/h16H,4-15H2,1-3H3. The van der Waals surface area contributed by atoms with Gasteiger partial charge >= 0.3 is 6.09 Å². The van der Waals surface area contributed by atoms with Gasteiger partial charge in [0.1, 0.15) is 5.60 Å². The van der Waals surface area contributed by atoms with E-state index in [4.69, 9.17) is 14.2 Å². The van der Waals surface area contributed by atoms with Crippen molar-refractivity contribution in [3.63, 3.8) is 0 Å². The Morgan fingerprint density at radius 1 is 1.12 bits per heavy atom. The molecular formula is C20H34N2O4. The third-order valence-electron chi connectivity index (χ3n) is 6.69. The molecular weight excluding hydrogens is 332 g/mol. The fraction of sp³-hybridized carbons (Fsp3) is 0.950. The first-order valence-electron chi connectivity index (χ1n) is 10.2. The summed E-state index contributed by atoms with van der Waals surface area (Å²) in [7, 11) is 0. The van der Waals surface area contributed by atoms with Gasteiger partial charge in [-0.3, -0.25) is 4.90 Å². The van der Waals surface area contributed by atoms with Gasteiger partial charge < -0.3 is 19.1 Å². The third-order valence-corrected chi connectivity index (χ3v) is 6.69. The van der Waals surface area contributed by atoms with Crippen LogP contribution in [0.4, 0.5) is 4.79 Å². The molecule has 1 amide bonds. The van der Waals surface area contributed by atoms with Gasteiger partial charge in [-0.2, -0.15) is 0 Å². The van der Waals surface area contributed by atoms with Crippen molar-refractivity contribution in [3.05, 3.63) is 0 Å². The molecule has 0 aromatic heterocycles. The molecule has 0 N–H and O–H groups in total. The van der Waals surface area contributed by atoms with Crippen LogP contribution in [-0.4, -0.2) is 79.1 Å². The Balaban J connectivity index is 1.29. The number of hydrogen-bond acceptors (Lipinski definition) is 5. The molecule has 4 saturated heterocycles. The van der Waals surface area contributed by atoms with Crippen molar-refractivity contribution in [3.8, 4) is 0 Å². The summed E-state index contributed by atoms with van der Waals surface area (Å²) in [6, 6.07) is 0.531. The van der Waals surface area contributed by atoms with Crippen LogP contribution in [0, 0.1) is 5.41 Å². The van der Waals surface area contributed by atoms with Crippen LogP contribution in [-0.2, 0) is 14.2 Å². The number of carbonyl (C=O) groups excluding carboxylic acids is 1. The molecule has 6 heteroatoms. The van der Waals surface area contributed by atoms with E-state index in [1.165, 1.54) is 25.9 Å². The van der Waals surface area contributed by atoms with E-state index in [1.807, 2.05) is 25.7 Å². The molecule has 4 aliphatic heterocycles. The van der Waals surface area contributed by atoms with Gasteiger partial charge in [0.05, 0.1) is 18.8 Å². The van der Waals surface area contributed by atoms with Gasteiger partial charge in [-0.25, -0.2) is 4.79 Å². The second-order valence-electron chi connectivity index (χ2n) is 9.84. The first kappa shape index (κ1) is 18.5. The summed E-state index contributed by atoms with van der Waals surface area (Å²) in [5, 5.41) is 0. The minimum atomic E-state index is -0.434. The zero-order chi connectivity index (χ0) is 18.4. The highest BCUT2D eigenvalue weighted by molar-refractivity contribution is 5.68. The van der Waals surface area contributed by atoms with E-state index in [0.717, 1.165) is 52.2 Å². The summed E-state index contributed by atoms with van der Waals surface area (Å²) in [4.78, 5) is 16.8. The van der Waals surface area contributed by atoms with Gasteiger partial charge in [0.15, 0.2) is 0 Å². The maximum Gasteiger partial charge on any atom is 0.410 e. The van der Waals surface area contributed by atoms with Crippen LogP contribution in [0.3, 0.4) is 0 Å². The molecule has 6 nitrogen and oxygen atoms in total. The lowest BCUT2D eigenvalue weighted by atomic mass is 9.86. The number of ether oxygens (including phenoxy) is 3. The smallest absolute Gasteiger partial charge is 0.410 e. The van der Waals surface area contributed by atoms with E-state index in [2.05, 4.69) is 4.90 Å². The Kier molecular flexibility index (Phi) is 4.73. The highest BCUT2D eigenvalue weighted by Crippen LogP contribution is 2.43. The summed E-state index contributed by atoms with van der Waals surface area (Å²) < 4.78 is 17.5. The van der Waals surface area contributed by atoms with Crippen molar-refractivity contribution < 1.29 is 19.0 Å². The number of piperidine rings is 1. The SMILES string of the molecule is CC(C)(C)OC(=O)N1CCC2(CC1)CC(N1CCC3(CCOC3)C1)CO2. The van der Waals surface area contributed by atoms with Crippen molar-refractivity contribution in [2.24, 2.45) is 5.41 Å². The molecule has 4 rings (SSSR count). The van der Waals surface area contributed by atoms with Gasteiger partial charge in [0.25, 0.3) is 0 Å². The number of carbonyl (C=O) groups is 1. The van der Waals surface area contributed by atoms with Crippen molar-refractivity contribution in [1.82, 2.24) is 9.80 Å². The molecule has 26 heavy (non-hydrogen) atoms. The van der Waals surface area contributed by atoms with Crippen molar-refractivity contribution in [1.29, 1.82) is 0 Å². The van der Waals surface area contributed by atoms with Crippen LogP contribution in [0.2, 0.25) is 0 Å². The number of likely N-dealkylation sites (tertiary alicyclic amines) is 2. The second kappa shape index (κ2) is 6.64. The third kappa shape index (κ3) is 3.73. The average molecular weight is 367 g/mol. The fourth-order valence-corrected chi connectivity index (χ4v) is 5.08. The van der Waals surface area contributed by atoms with E-state index >= 15 is 0 Å². The molecule has 148 valence electrons. The zero-order valence-corrected chi connectivity index (χ0v) is 16.6. The lowest BCUT2D eigenvalue weighted by Gasteiger charge is -2.39. The van der Waals surface area contributed by atoms with E-state index in [9.17, 15) is 4.79 Å². The Labute approximate surface area is 157 Å². The average Bonchev–Trinajstić information content (AvgIpc) is 3.29. The maximum atomic E-state index is 12.3. The van der Waals surface area contributed by atoms with Gasteiger partial charge in [-0.15, -0.1) is 0 Å². The van der Waals surface area contributed by atoms with Gasteiger partial charge in [-0.05, 0) is 59.4 Å². The van der Waals surface area contributed by atoms with Crippen LogP contribution >= 0.6 is 0 Å². The number of amides is 1. The molecule has 4 heterocycles. The number of nitrogens with zero attached hydrogens (tertiary/aromatic N) is 2. The Morgan fingerprint density at radius 3 is 2.54 bits per heavy atom. The molecule has 0 saturated carbocycles. The van der Waals surface area contributed by atoms with E-state index in [1.54, 1.807) is 0 Å². The maximum absolute atomic E-state index is 12.3. The molecule has 2 spiro atoms. The van der Waals surface area contributed by atoms with Crippen molar-refractivity contribution in [2.75, 3.05) is 46.0 Å². The molecule has 0 aliphatic carbocycles. The Hall–Kier alpha value is -0.850. The van der Waals surface area contributed by atoms with E-state index < -0.39 is 5.60 Å². The highest BCUT2D eigenvalue weighted by Gasteiger charge is 2.49. The van der Waals surface area contributed by atoms with Gasteiger partial charge in [0, 0.05) is 37.7 Å². The van der Waals surface area contributed by atoms with Crippen molar-refractivity contribution >= 4 is 6.09 Å².